The minimum Gasteiger partial charge on any atom is -0.311 e. The fourth-order valence-electron chi connectivity index (χ4n) is 12.1. The largest absolute Gasteiger partial charge is 0.311 e. The highest BCUT2D eigenvalue weighted by atomic mass is 32.1. The summed E-state index contributed by atoms with van der Waals surface area (Å²) in [5.74, 6) is 0. The molecule has 70 heavy (non-hydrogen) atoms. The summed E-state index contributed by atoms with van der Waals surface area (Å²) in [5, 5.41) is 3.91. The van der Waals surface area contributed by atoms with Gasteiger partial charge in [0.1, 0.15) is 0 Å². The molecule has 4 aliphatic rings. The van der Waals surface area contributed by atoms with Crippen molar-refractivity contribution in [2.24, 2.45) is 0 Å². The number of anilines is 12. The van der Waals surface area contributed by atoms with Gasteiger partial charge in [-0.05, 0) is 151 Å². The first-order valence-electron chi connectivity index (χ1n) is 24.3. The standard InChI is InChI=1S/C62H44B2N4S2/c1-37-19-27-41(28-20-37)65-49-13-10-16-52-58(49)63(57-45-11-5-7-17-55(45)70-62(57)68(52)44-33-25-40(4)26-34-44)47-35-48-54(36-53(47)65)66(42-29-21-38(2)22-30-42)50-14-9-15-51-59(50)64(48)61-60(46-12-6-8-18-56(46)69-61)67(51)43-31-23-39(3)24-32-43/h5-36H,1-4H3. The number of rotatable bonds is 4. The van der Waals surface area contributed by atoms with Gasteiger partial charge in [0, 0.05) is 76.4 Å². The molecule has 0 amide bonds. The van der Waals surface area contributed by atoms with Gasteiger partial charge in [-0.25, -0.2) is 0 Å². The highest BCUT2D eigenvalue weighted by Crippen LogP contribution is 2.51. The van der Waals surface area contributed by atoms with Crippen molar-refractivity contribution in [1.29, 1.82) is 0 Å². The molecule has 4 aliphatic heterocycles. The highest BCUT2D eigenvalue weighted by Gasteiger charge is 2.49. The number of fused-ring (bicyclic) bond motifs is 12. The van der Waals surface area contributed by atoms with Gasteiger partial charge in [0.25, 0.3) is 13.4 Å². The van der Waals surface area contributed by atoms with Gasteiger partial charge in [0.2, 0.25) is 0 Å². The van der Waals surface area contributed by atoms with Gasteiger partial charge in [-0.3, -0.25) is 0 Å². The van der Waals surface area contributed by atoms with E-state index in [-0.39, 0.29) is 13.4 Å². The Balaban J connectivity index is 1.08. The third-order valence-corrected chi connectivity index (χ3v) is 17.7. The second-order valence-electron chi connectivity index (χ2n) is 19.6. The van der Waals surface area contributed by atoms with Crippen LogP contribution in [-0.4, -0.2) is 13.4 Å². The molecule has 0 N–H and O–H groups in total. The van der Waals surface area contributed by atoms with E-state index in [0.29, 0.717) is 0 Å². The van der Waals surface area contributed by atoms with E-state index < -0.39 is 0 Å². The Kier molecular flexibility index (Phi) is 8.53. The molecule has 0 atom stereocenters. The first kappa shape index (κ1) is 40.1. The quantitative estimate of drug-likeness (QED) is 0.163. The van der Waals surface area contributed by atoms with Crippen LogP contribution in [0, 0.1) is 27.7 Å². The number of hydrogen-bond acceptors (Lipinski definition) is 6. The number of aryl methyl sites for hydroxylation is 4. The average Bonchev–Trinajstić information content (AvgIpc) is 3.97. The Morgan fingerprint density at radius 3 is 1.29 bits per heavy atom. The van der Waals surface area contributed by atoms with E-state index in [0.717, 1.165) is 11.4 Å². The van der Waals surface area contributed by atoms with Crippen LogP contribution in [0.1, 0.15) is 22.3 Å². The molecule has 9 aromatic carbocycles. The molecular formula is C62H44B2N4S2. The third-order valence-electron chi connectivity index (χ3n) is 15.3. The SMILES string of the molecule is Cc1ccc(N2c3cc4c(cc3B3c5c2cccc5N(c2ccc(C)cc2)c2sc5ccccc5c23)B2c3sc5ccccc5c3N(c3ccc(C)cc3)c3cccc(c32)N4c2ccc(C)cc2)cc1. The van der Waals surface area contributed by atoms with E-state index in [1.165, 1.54) is 131 Å². The average molecular weight is 931 g/mol. The van der Waals surface area contributed by atoms with Crippen molar-refractivity contribution in [2.75, 3.05) is 19.6 Å². The number of benzene rings is 9. The second kappa shape index (κ2) is 14.9. The lowest BCUT2D eigenvalue weighted by atomic mass is 9.31. The monoisotopic (exact) mass is 930 g/mol. The van der Waals surface area contributed by atoms with Crippen molar-refractivity contribution in [2.45, 2.75) is 27.7 Å². The lowest BCUT2D eigenvalue weighted by Gasteiger charge is -2.46. The predicted molar refractivity (Wildman–Crippen MR) is 304 cm³/mol. The summed E-state index contributed by atoms with van der Waals surface area (Å²) in [5.41, 5.74) is 25.0. The summed E-state index contributed by atoms with van der Waals surface area (Å²) in [6.07, 6.45) is 0. The van der Waals surface area contributed by atoms with Crippen LogP contribution in [0.15, 0.2) is 194 Å². The smallest absolute Gasteiger partial charge is 0.264 e. The molecule has 0 saturated heterocycles. The van der Waals surface area contributed by atoms with Gasteiger partial charge in [0.15, 0.2) is 0 Å². The highest BCUT2D eigenvalue weighted by molar-refractivity contribution is 7.34. The molecule has 0 aliphatic carbocycles. The number of hydrogen-bond donors (Lipinski definition) is 0. The van der Waals surface area contributed by atoms with E-state index in [9.17, 15) is 0 Å². The molecule has 11 aromatic rings. The molecule has 0 spiro atoms. The fourth-order valence-corrected chi connectivity index (χ4v) is 14.7. The number of thiophene rings is 2. The van der Waals surface area contributed by atoms with Crippen molar-refractivity contribution in [3.8, 4) is 0 Å². The molecule has 0 radical (unpaired) electrons. The third kappa shape index (κ3) is 5.60. The normalized spacial score (nSPS) is 13.8. The van der Waals surface area contributed by atoms with Crippen molar-refractivity contribution in [3.63, 3.8) is 0 Å². The Bertz CT molecular complexity index is 3970. The van der Waals surface area contributed by atoms with Crippen LogP contribution < -0.4 is 51.7 Å². The minimum atomic E-state index is -0.0277. The lowest BCUT2D eigenvalue weighted by molar-refractivity contribution is 1.24. The summed E-state index contributed by atoms with van der Waals surface area (Å²) in [7, 11) is 0. The summed E-state index contributed by atoms with van der Waals surface area (Å²) >= 11 is 3.88. The van der Waals surface area contributed by atoms with Gasteiger partial charge in [-0.15, -0.1) is 22.7 Å². The zero-order chi connectivity index (χ0) is 46.5. The van der Waals surface area contributed by atoms with E-state index in [1.54, 1.807) is 0 Å². The van der Waals surface area contributed by atoms with Crippen molar-refractivity contribution >= 4 is 156 Å². The number of nitrogens with zero attached hydrogens (tertiary/aromatic N) is 4. The molecule has 8 heteroatoms. The molecule has 4 nitrogen and oxygen atoms in total. The van der Waals surface area contributed by atoms with Gasteiger partial charge in [0.05, 0.1) is 10.7 Å². The van der Waals surface area contributed by atoms with Gasteiger partial charge in [-0.2, -0.15) is 0 Å². The van der Waals surface area contributed by atoms with Gasteiger partial charge in [-0.1, -0.05) is 125 Å². The van der Waals surface area contributed by atoms with Crippen LogP contribution in [0.5, 0.6) is 0 Å². The van der Waals surface area contributed by atoms with E-state index in [4.69, 9.17) is 0 Å². The molecule has 0 fully saturated rings. The van der Waals surface area contributed by atoms with Crippen LogP contribution in [0.2, 0.25) is 0 Å². The molecule has 0 saturated carbocycles. The Hall–Kier alpha value is -7.77. The van der Waals surface area contributed by atoms with Crippen molar-refractivity contribution in [3.05, 3.63) is 216 Å². The molecular weight excluding hydrogens is 886 g/mol. The molecule has 2 aromatic heterocycles. The van der Waals surface area contributed by atoms with Gasteiger partial charge >= 0.3 is 0 Å². The maximum atomic E-state index is 2.66. The fraction of sp³-hybridized carbons (Fsp3) is 0.0645. The minimum absolute atomic E-state index is 0.0156. The van der Waals surface area contributed by atoms with Gasteiger partial charge < -0.3 is 19.6 Å². The summed E-state index contributed by atoms with van der Waals surface area (Å²) < 4.78 is 4.00. The maximum absolute atomic E-state index is 2.66. The van der Waals surface area contributed by atoms with E-state index in [2.05, 4.69) is 241 Å². The van der Waals surface area contributed by atoms with Crippen LogP contribution in [0.4, 0.5) is 67.6 Å². The summed E-state index contributed by atoms with van der Waals surface area (Å²) in [6, 6.07) is 73.9. The zero-order valence-electron chi connectivity index (χ0n) is 39.2. The van der Waals surface area contributed by atoms with Crippen molar-refractivity contribution in [1.82, 2.24) is 0 Å². The van der Waals surface area contributed by atoms with Crippen molar-refractivity contribution < 1.29 is 0 Å². The first-order chi connectivity index (χ1) is 34.4. The molecule has 0 unspecified atom stereocenters. The zero-order valence-corrected chi connectivity index (χ0v) is 40.9. The van der Waals surface area contributed by atoms with Crippen LogP contribution in [-0.2, 0) is 0 Å². The molecule has 6 heterocycles. The Morgan fingerprint density at radius 1 is 0.329 bits per heavy atom. The van der Waals surface area contributed by atoms with Crippen LogP contribution in [0.25, 0.3) is 20.2 Å². The maximum Gasteiger partial charge on any atom is 0.264 e. The second-order valence-corrected chi connectivity index (χ2v) is 21.7. The molecule has 0 bridgehead atoms. The molecule has 330 valence electrons. The topological polar surface area (TPSA) is 13.0 Å². The van der Waals surface area contributed by atoms with Crippen LogP contribution in [0.3, 0.4) is 0 Å². The van der Waals surface area contributed by atoms with E-state index >= 15 is 0 Å². The summed E-state index contributed by atoms with van der Waals surface area (Å²) in [4.78, 5) is 10.3. The van der Waals surface area contributed by atoms with Crippen LogP contribution >= 0.6 is 22.7 Å². The molecule has 15 rings (SSSR count). The Morgan fingerprint density at radius 2 is 0.743 bits per heavy atom. The summed E-state index contributed by atoms with van der Waals surface area (Å²) in [6.45, 7) is 8.68. The lowest BCUT2D eigenvalue weighted by Crippen LogP contribution is -2.64. The Labute approximate surface area is 417 Å². The predicted octanol–water partition coefficient (Wildman–Crippen LogP) is 13.5. The van der Waals surface area contributed by atoms with E-state index in [1.807, 2.05) is 22.7 Å². The first-order valence-corrected chi connectivity index (χ1v) is 25.9.